The van der Waals surface area contributed by atoms with Gasteiger partial charge in [-0.05, 0) is 55.5 Å². The lowest BCUT2D eigenvalue weighted by Crippen LogP contribution is -2.39. The number of amides is 1. The molecule has 0 saturated carbocycles. The molecule has 184 valence electrons. The standard InChI is InChI=1S/C30H28N6O/c1-21-9-8-14-28(36(21)35-22(2)32-25-10-4-3-5-11-25)23-15-17-24(18-16-23)30(37)31-20-19-29-33-26-12-6-7-13-27(26)34-29/h3-18H,1,19-20H2,2H3,(H,31,37)(H,32,35)(H,33,34). The highest BCUT2D eigenvalue weighted by molar-refractivity contribution is 5.94. The topological polar surface area (TPSA) is 85.4 Å². The molecule has 3 aromatic carbocycles. The van der Waals surface area contributed by atoms with Crippen LogP contribution in [-0.4, -0.2) is 33.3 Å². The Hall–Kier alpha value is -4.91. The number of hydrogen-bond acceptors (Lipinski definition) is 4. The molecule has 0 spiro atoms. The lowest BCUT2D eigenvalue weighted by Gasteiger charge is -2.31. The van der Waals surface area contributed by atoms with Crippen LogP contribution in [0.4, 0.5) is 5.69 Å². The van der Waals surface area contributed by atoms with Crippen LogP contribution in [0, 0.1) is 0 Å². The number of hydrazine groups is 1. The predicted molar refractivity (Wildman–Crippen MR) is 149 cm³/mol. The number of aromatic nitrogens is 2. The summed E-state index contributed by atoms with van der Waals surface area (Å²) >= 11 is 0. The van der Waals surface area contributed by atoms with Crippen molar-refractivity contribution in [1.82, 2.24) is 25.7 Å². The van der Waals surface area contributed by atoms with E-state index >= 15 is 0 Å². The van der Waals surface area contributed by atoms with E-state index in [1.54, 1.807) is 0 Å². The van der Waals surface area contributed by atoms with Crippen molar-refractivity contribution in [1.29, 1.82) is 0 Å². The van der Waals surface area contributed by atoms with Crippen molar-refractivity contribution in [3.8, 4) is 0 Å². The first kappa shape index (κ1) is 23.8. The number of carbonyl (C=O) groups excluding carboxylic acids is 1. The lowest BCUT2D eigenvalue weighted by atomic mass is 10.1. The molecular formula is C30H28N6O. The molecule has 1 amide bonds. The van der Waals surface area contributed by atoms with Gasteiger partial charge in [0.05, 0.1) is 28.1 Å². The number of para-hydroxylation sites is 3. The van der Waals surface area contributed by atoms with Gasteiger partial charge in [-0.15, -0.1) is 0 Å². The fourth-order valence-corrected chi connectivity index (χ4v) is 4.11. The van der Waals surface area contributed by atoms with E-state index in [1.807, 2.05) is 109 Å². The van der Waals surface area contributed by atoms with E-state index in [9.17, 15) is 4.79 Å². The Labute approximate surface area is 215 Å². The van der Waals surface area contributed by atoms with Gasteiger partial charge in [0.25, 0.3) is 5.91 Å². The lowest BCUT2D eigenvalue weighted by molar-refractivity contribution is 0.0954. The molecule has 0 unspecified atom stereocenters. The van der Waals surface area contributed by atoms with Gasteiger partial charge in [-0.2, -0.15) is 0 Å². The fourth-order valence-electron chi connectivity index (χ4n) is 4.11. The van der Waals surface area contributed by atoms with Crippen LogP contribution in [0.3, 0.4) is 0 Å². The average molecular weight is 489 g/mol. The van der Waals surface area contributed by atoms with Crippen LogP contribution in [-0.2, 0) is 6.42 Å². The van der Waals surface area contributed by atoms with E-state index in [4.69, 9.17) is 0 Å². The van der Waals surface area contributed by atoms with Crippen molar-refractivity contribution in [3.63, 3.8) is 0 Å². The van der Waals surface area contributed by atoms with Crippen LogP contribution in [0.25, 0.3) is 16.7 Å². The Kier molecular flexibility index (Phi) is 6.94. The first-order valence-corrected chi connectivity index (χ1v) is 12.1. The largest absolute Gasteiger partial charge is 0.352 e. The zero-order valence-corrected chi connectivity index (χ0v) is 20.6. The van der Waals surface area contributed by atoms with Crippen LogP contribution in [0.2, 0.25) is 0 Å². The maximum absolute atomic E-state index is 12.7. The molecule has 1 aliphatic heterocycles. The highest BCUT2D eigenvalue weighted by atomic mass is 16.1. The van der Waals surface area contributed by atoms with Crippen LogP contribution >= 0.6 is 0 Å². The molecule has 1 aliphatic rings. The van der Waals surface area contributed by atoms with Crippen LogP contribution in [0.1, 0.15) is 28.7 Å². The number of fused-ring (bicyclic) bond motifs is 1. The molecular weight excluding hydrogens is 460 g/mol. The Balaban J connectivity index is 1.22. The van der Waals surface area contributed by atoms with Crippen LogP contribution < -0.4 is 10.7 Å². The zero-order chi connectivity index (χ0) is 25.6. The van der Waals surface area contributed by atoms with E-state index in [0.29, 0.717) is 18.5 Å². The number of nitrogens with zero attached hydrogens (tertiary/aromatic N) is 3. The molecule has 0 atom stereocenters. The molecule has 5 rings (SSSR count). The Morgan fingerprint density at radius 2 is 1.78 bits per heavy atom. The van der Waals surface area contributed by atoms with Crippen molar-refractivity contribution >= 4 is 34.2 Å². The minimum absolute atomic E-state index is 0.120. The minimum atomic E-state index is -0.120. The summed E-state index contributed by atoms with van der Waals surface area (Å²) in [6, 6.07) is 25.2. The van der Waals surface area contributed by atoms with Gasteiger partial charge in [-0.25, -0.2) is 9.98 Å². The third kappa shape index (κ3) is 5.67. The van der Waals surface area contributed by atoms with Crippen molar-refractivity contribution in [2.75, 3.05) is 6.54 Å². The maximum Gasteiger partial charge on any atom is 0.251 e. The third-order valence-corrected chi connectivity index (χ3v) is 5.93. The van der Waals surface area contributed by atoms with Crippen molar-refractivity contribution in [3.05, 3.63) is 126 Å². The van der Waals surface area contributed by atoms with Gasteiger partial charge in [0.2, 0.25) is 0 Å². The number of rotatable bonds is 7. The Morgan fingerprint density at radius 1 is 1.03 bits per heavy atom. The van der Waals surface area contributed by atoms with Gasteiger partial charge in [-0.3, -0.25) is 15.2 Å². The normalized spacial score (nSPS) is 13.5. The Morgan fingerprint density at radius 3 is 2.57 bits per heavy atom. The molecule has 0 saturated heterocycles. The number of imidazole rings is 1. The second-order valence-electron chi connectivity index (χ2n) is 8.67. The number of hydrogen-bond donors (Lipinski definition) is 3. The second kappa shape index (κ2) is 10.8. The fraction of sp³-hybridized carbons (Fsp3) is 0.100. The minimum Gasteiger partial charge on any atom is -0.352 e. The summed E-state index contributed by atoms with van der Waals surface area (Å²) in [6.07, 6.45) is 6.51. The quantitative estimate of drug-likeness (QED) is 0.236. The summed E-state index contributed by atoms with van der Waals surface area (Å²) < 4.78 is 0. The second-order valence-corrected chi connectivity index (χ2v) is 8.67. The molecule has 2 heterocycles. The molecule has 0 bridgehead atoms. The molecule has 7 nitrogen and oxygen atoms in total. The highest BCUT2D eigenvalue weighted by Crippen LogP contribution is 2.26. The highest BCUT2D eigenvalue weighted by Gasteiger charge is 2.17. The first-order valence-electron chi connectivity index (χ1n) is 12.1. The van der Waals surface area contributed by atoms with Crippen molar-refractivity contribution < 1.29 is 4.79 Å². The van der Waals surface area contributed by atoms with Crippen LogP contribution in [0.15, 0.2) is 114 Å². The number of aliphatic imine (C=N–C) groups is 1. The van der Waals surface area contributed by atoms with E-state index in [1.165, 1.54) is 0 Å². The summed E-state index contributed by atoms with van der Waals surface area (Å²) in [5.41, 5.74) is 9.37. The van der Waals surface area contributed by atoms with E-state index in [0.717, 1.165) is 45.3 Å². The van der Waals surface area contributed by atoms with E-state index in [2.05, 4.69) is 32.3 Å². The number of nitrogens with one attached hydrogen (secondary N) is 3. The molecule has 3 N–H and O–H groups in total. The van der Waals surface area contributed by atoms with Crippen molar-refractivity contribution in [2.45, 2.75) is 13.3 Å². The van der Waals surface area contributed by atoms with Gasteiger partial charge in [0, 0.05) is 24.1 Å². The van der Waals surface area contributed by atoms with Gasteiger partial charge >= 0.3 is 0 Å². The van der Waals surface area contributed by atoms with Gasteiger partial charge in [-0.1, -0.05) is 55.1 Å². The van der Waals surface area contributed by atoms with Crippen molar-refractivity contribution in [2.24, 2.45) is 4.99 Å². The predicted octanol–water partition coefficient (Wildman–Crippen LogP) is 5.52. The van der Waals surface area contributed by atoms with Gasteiger partial charge in [0.15, 0.2) is 0 Å². The van der Waals surface area contributed by atoms with E-state index < -0.39 is 0 Å². The molecule has 1 aromatic heterocycles. The number of H-pyrrole nitrogens is 1. The maximum atomic E-state index is 12.7. The van der Waals surface area contributed by atoms with Crippen LogP contribution in [0.5, 0.6) is 0 Å². The zero-order valence-electron chi connectivity index (χ0n) is 20.6. The van der Waals surface area contributed by atoms with E-state index in [-0.39, 0.29) is 5.91 Å². The third-order valence-electron chi connectivity index (χ3n) is 5.93. The molecule has 0 radical (unpaired) electrons. The number of allylic oxidation sites excluding steroid dienone is 3. The number of aromatic amines is 1. The first-order chi connectivity index (χ1) is 18.1. The summed E-state index contributed by atoms with van der Waals surface area (Å²) in [5, 5.41) is 4.87. The smallest absolute Gasteiger partial charge is 0.251 e. The summed E-state index contributed by atoms with van der Waals surface area (Å²) in [5.74, 6) is 1.47. The molecule has 4 aromatic rings. The average Bonchev–Trinajstić information content (AvgIpc) is 3.33. The van der Waals surface area contributed by atoms with Gasteiger partial charge < -0.3 is 10.3 Å². The summed E-state index contributed by atoms with van der Waals surface area (Å²) in [4.78, 5) is 25.2. The number of carbonyl (C=O) groups is 1. The molecule has 7 heteroatoms. The Bertz CT molecular complexity index is 1480. The molecule has 37 heavy (non-hydrogen) atoms. The molecule has 0 fully saturated rings. The monoisotopic (exact) mass is 488 g/mol. The summed E-state index contributed by atoms with van der Waals surface area (Å²) in [7, 11) is 0. The number of amidine groups is 1. The number of benzene rings is 3. The van der Waals surface area contributed by atoms with Gasteiger partial charge in [0.1, 0.15) is 11.7 Å². The SMILES string of the molecule is C=C1C=CC=C(c2ccc(C(=O)NCCc3nc4ccccc4[nH]3)cc2)N1NC(C)=Nc1ccccc1. The molecule has 0 aliphatic carbocycles. The summed E-state index contributed by atoms with van der Waals surface area (Å²) in [6.45, 7) is 6.56.